The third kappa shape index (κ3) is 5.12. The fourth-order valence-electron chi connectivity index (χ4n) is 2.81. The van der Waals surface area contributed by atoms with Gasteiger partial charge in [0.15, 0.2) is 0 Å². The van der Waals surface area contributed by atoms with E-state index in [2.05, 4.69) is 48.3 Å². The number of nitrogens with zero attached hydrogens (tertiary/aromatic N) is 2. The lowest BCUT2D eigenvalue weighted by molar-refractivity contribution is 0.328. The summed E-state index contributed by atoms with van der Waals surface area (Å²) in [6.45, 7) is 5.42. The fraction of sp³-hybridized carbons (Fsp3) is 0.706. The molecule has 1 aromatic rings. The summed E-state index contributed by atoms with van der Waals surface area (Å²) in [5.41, 5.74) is 1.20. The molecular formula is C17H29N3. The first-order valence-corrected chi connectivity index (χ1v) is 8.18. The summed E-state index contributed by atoms with van der Waals surface area (Å²) in [6, 6.07) is 3.40. The molecule has 1 heterocycles. The molecule has 1 aliphatic rings. The Labute approximate surface area is 123 Å². The Morgan fingerprint density at radius 1 is 1.30 bits per heavy atom. The number of rotatable bonds is 7. The van der Waals surface area contributed by atoms with Crippen molar-refractivity contribution in [1.82, 2.24) is 15.1 Å². The third-order valence-electron chi connectivity index (χ3n) is 3.97. The standard InChI is InChI=1S/C17H29N3/c1-15(2)18-13-8-4-5-9-16-12-14-20(19-16)17-10-6-3-7-11-17/h4-5,12,14-15,17-18H,3,6-11,13H2,1-2H3. The largest absolute Gasteiger partial charge is 0.314 e. The molecule has 1 saturated carbocycles. The van der Waals surface area contributed by atoms with Gasteiger partial charge in [0, 0.05) is 18.7 Å². The van der Waals surface area contributed by atoms with E-state index in [1.165, 1.54) is 37.8 Å². The summed E-state index contributed by atoms with van der Waals surface area (Å²) < 4.78 is 2.20. The van der Waals surface area contributed by atoms with E-state index < -0.39 is 0 Å². The van der Waals surface area contributed by atoms with E-state index in [0.29, 0.717) is 12.1 Å². The maximum atomic E-state index is 4.73. The van der Waals surface area contributed by atoms with Gasteiger partial charge in [-0.2, -0.15) is 5.10 Å². The van der Waals surface area contributed by atoms with Gasteiger partial charge in [-0.3, -0.25) is 4.68 Å². The Balaban J connectivity index is 1.71. The van der Waals surface area contributed by atoms with Crippen LogP contribution >= 0.6 is 0 Å². The predicted octanol–water partition coefficient (Wildman–Crippen LogP) is 3.88. The molecule has 0 aromatic carbocycles. The molecule has 3 nitrogen and oxygen atoms in total. The molecular weight excluding hydrogens is 246 g/mol. The molecule has 0 unspecified atom stereocenters. The molecule has 0 saturated heterocycles. The number of hydrogen-bond acceptors (Lipinski definition) is 2. The first-order chi connectivity index (χ1) is 9.75. The van der Waals surface area contributed by atoms with Crippen molar-refractivity contribution in [3.8, 4) is 0 Å². The molecule has 0 spiro atoms. The van der Waals surface area contributed by atoms with Crippen LogP contribution in [-0.2, 0) is 6.42 Å². The summed E-state index contributed by atoms with van der Waals surface area (Å²) in [7, 11) is 0. The molecule has 20 heavy (non-hydrogen) atoms. The van der Waals surface area contributed by atoms with Crippen LogP contribution in [0.5, 0.6) is 0 Å². The Morgan fingerprint density at radius 2 is 2.10 bits per heavy atom. The van der Waals surface area contributed by atoms with Crippen molar-refractivity contribution in [2.24, 2.45) is 0 Å². The van der Waals surface area contributed by atoms with Crippen molar-refractivity contribution in [2.75, 3.05) is 6.54 Å². The number of aromatic nitrogens is 2. The van der Waals surface area contributed by atoms with Crippen LogP contribution in [0.3, 0.4) is 0 Å². The fourth-order valence-corrected chi connectivity index (χ4v) is 2.81. The minimum absolute atomic E-state index is 0.578. The van der Waals surface area contributed by atoms with Crippen molar-refractivity contribution < 1.29 is 0 Å². The zero-order valence-corrected chi connectivity index (χ0v) is 13.0. The molecule has 0 radical (unpaired) electrons. The zero-order chi connectivity index (χ0) is 14.2. The van der Waals surface area contributed by atoms with Crippen LogP contribution in [0, 0.1) is 0 Å². The first-order valence-electron chi connectivity index (χ1n) is 8.18. The van der Waals surface area contributed by atoms with Crippen LogP contribution in [-0.4, -0.2) is 22.4 Å². The molecule has 1 aliphatic carbocycles. The maximum Gasteiger partial charge on any atom is 0.0662 e. The second-order valence-electron chi connectivity index (χ2n) is 6.15. The highest BCUT2D eigenvalue weighted by Gasteiger charge is 2.15. The van der Waals surface area contributed by atoms with Crippen LogP contribution in [0.15, 0.2) is 24.4 Å². The average molecular weight is 275 g/mol. The van der Waals surface area contributed by atoms with E-state index in [0.717, 1.165) is 19.4 Å². The van der Waals surface area contributed by atoms with Gasteiger partial charge in [-0.1, -0.05) is 45.3 Å². The van der Waals surface area contributed by atoms with Gasteiger partial charge >= 0.3 is 0 Å². The predicted molar refractivity (Wildman–Crippen MR) is 84.9 cm³/mol. The van der Waals surface area contributed by atoms with Gasteiger partial charge in [-0.15, -0.1) is 0 Å². The lowest BCUT2D eigenvalue weighted by Gasteiger charge is -2.21. The lowest BCUT2D eigenvalue weighted by Crippen LogP contribution is -2.23. The highest BCUT2D eigenvalue weighted by molar-refractivity contribution is 5.05. The first kappa shape index (κ1) is 15.3. The molecule has 2 rings (SSSR count). The quantitative estimate of drug-likeness (QED) is 0.604. The molecule has 0 amide bonds. The van der Waals surface area contributed by atoms with Gasteiger partial charge in [0.25, 0.3) is 0 Å². The van der Waals surface area contributed by atoms with E-state index in [1.807, 2.05) is 0 Å². The van der Waals surface area contributed by atoms with Gasteiger partial charge in [0.1, 0.15) is 0 Å². The van der Waals surface area contributed by atoms with Crippen molar-refractivity contribution >= 4 is 0 Å². The summed E-state index contributed by atoms with van der Waals surface area (Å²) in [5, 5.41) is 8.15. The van der Waals surface area contributed by atoms with Crippen LogP contribution < -0.4 is 5.32 Å². The Hall–Kier alpha value is -1.09. The van der Waals surface area contributed by atoms with E-state index >= 15 is 0 Å². The third-order valence-corrected chi connectivity index (χ3v) is 3.97. The van der Waals surface area contributed by atoms with Crippen molar-refractivity contribution in [3.05, 3.63) is 30.1 Å². The zero-order valence-electron chi connectivity index (χ0n) is 13.0. The monoisotopic (exact) mass is 275 g/mol. The van der Waals surface area contributed by atoms with Gasteiger partial charge in [-0.25, -0.2) is 0 Å². The van der Waals surface area contributed by atoms with Crippen molar-refractivity contribution in [2.45, 2.75) is 70.9 Å². The van der Waals surface area contributed by atoms with Crippen LogP contribution in [0.1, 0.15) is 64.1 Å². The molecule has 0 atom stereocenters. The maximum absolute atomic E-state index is 4.73. The van der Waals surface area contributed by atoms with E-state index in [4.69, 9.17) is 5.10 Å². The molecule has 1 N–H and O–H groups in total. The molecule has 112 valence electrons. The SMILES string of the molecule is CC(C)NCCC=CCc1ccn(C2CCCCC2)n1. The summed E-state index contributed by atoms with van der Waals surface area (Å²) in [6.07, 6.45) is 15.5. The molecule has 1 fully saturated rings. The van der Waals surface area contributed by atoms with Crippen LogP contribution in [0.25, 0.3) is 0 Å². The number of hydrogen-bond donors (Lipinski definition) is 1. The van der Waals surface area contributed by atoms with Gasteiger partial charge < -0.3 is 5.32 Å². The number of allylic oxidation sites excluding steroid dienone is 1. The molecule has 3 heteroatoms. The average Bonchev–Trinajstić information content (AvgIpc) is 2.92. The highest BCUT2D eigenvalue weighted by Crippen LogP contribution is 2.27. The van der Waals surface area contributed by atoms with Gasteiger partial charge in [0.05, 0.1) is 11.7 Å². The summed E-state index contributed by atoms with van der Waals surface area (Å²) >= 11 is 0. The minimum atomic E-state index is 0.578. The number of nitrogens with one attached hydrogen (secondary N) is 1. The topological polar surface area (TPSA) is 29.9 Å². The molecule has 1 aromatic heterocycles. The van der Waals surface area contributed by atoms with Crippen LogP contribution in [0.4, 0.5) is 0 Å². The van der Waals surface area contributed by atoms with E-state index in [-0.39, 0.29) is 0 Å². The molecule has 0 aliphatic heterocycles. The highest BCUT2D eigenvalue weighted by atomic mass is 15.3. The van der Waals surface area contributed by atoms with E-state index in [1.54, 1.807) is 0 Å². The second-order valence-corrected chi connectivity index (χ2v) is 6.15. The second kappa shape index (κ2) is 8.25. The minimum Gasteiger partial charge on any atom is -0.314 e. The Morgan fingerprint density at radius 3 is 2.85 bits per heavy atom. The smallest absolute Gasteiger partial charge is 0.0662 e. The summed E-state index contributed by atoms with van der Waals surface area (Å²) in [4.78, 5) is 0. The van der Waals surface area contributed by atoms with Gasteiger partial charge in [0.2, 0.25) is 0 Å². The lowest BCUT2D eigenvalue weighted by atomic mass is 9.96. The normalized spacial score (nSPS) is 17.4. The van der Waals surface area contributed by atoms with E-state index in [9.17, 15) is 0 Å². The van der Waals surface area contributed by atoms with Crippen LogP contribution in [0.2, 0.25) is 0 Å². The van der Waals surface area contributed by atoms with Crippen molar-refractivity contribution in [3.63, 3.8) is 0 Å². The summed E-state index contributed by atoms with van der Waals surface area (Å²) in [5.74, 6) is 0. The van der Waals surface area contributed by atoms with Gasteiger partial charge in [-0.05, 0) is 31.9 Å². The molecule has 0 bridgehead atoms. The Bertz CT molecular complexity index is 400. The van der Waals surface area contributed by atoms with Crippen molar-refractivity contribution in [1.29, 1.82) is 0 Å². The Kier molecular flexibility index (Phi) is 6.31.